The molecule has 1 heterocycles. The second kappa shape index (κ2) is 12.5. The Morgan fingerprint density at radius 3 is 2.32 bits per heavy atom. The van der Waals surface area contributed by atoms with Gasteiger partial charge in [0.25, 0.3) is 0 Å². The largest absolute Gasteiger partial charge is 0.494 e. The van der Waals surface area contributed by atoms with Gasteiger partial charge in [0.15, 0.2) is 5.88 Å². The molecule has 11 heteroatoms. The molecule has 3 N–H and O–H groups in total. The number of amides is 1. The topological polar surface area (TPSA) is 118 Å². The number of benzene rings is 3. The van der Waals surface area contributed by atoms with Crippen LogP contribution in [0.1, 0.15) is 23.1 Å². The van der Waals surface area contributed by atoms with Crippen LogP contribution in [-0.2, 0) is 21.2 Å². The van der Waals surface area contributed by atoms with Gasteiger partial charge in [-0.15, -0.1) is 0 Å². The predicted molar refractivity (Wildman–Crippen MR) is 161 cm³/mol. The van der Waals surface area contributed by atoms with Gasteiger partial charge in [-0.3, -0.25) is 9.10 Å². The van der Waals surface area contributed by atoms with Crippen molar-refractivity contribution in [2.24, 2.45) is 4.99 Å². The number of fused-ring (bicyclic) bond motifs is 1. The normalized spacial score (nSPS) is 12.2. The lowest BCUT2D eigenvalue weighted by Crippen LogP contribution is -2.35. The Hall–Kier alpha value is -4.22. The number of halogens is 1. The van der Waals surface area contributed by atoms with E-state index in [0.29, 0.717) is 65.0 Å². The fraction of sp³-hybridized carbons (Fsp3) is 0.267. The quantitative estimate of drug-likeness (QED) is 0.230. The van der Waals surface area contributed by atoms with Crippen LogP contribution in [0.15, 0.2) is 71.7 Å². The van der Waals surface area contributed by atoms with E-state index in [1.807, 2.05) is 43.3 Å². The Bertz CT molecular complexity index is 1660. The van der Waals surface area contributed by atoms with Gasteiger partial charge in [0.1, 0.15) is 5.82 Å². The maximum Gasteiger partial charge on any atom is 0.232 e. The zero-order valence-corrected chi connectivity index (χ0v) is 24.3. The molecule has 3 aromatic carbocycles. The van der Waals surface area contributed by atoms with Gasteiger partial charge in [0.05, 0.1) is 34.4 Å². The average Bonchev–Trinajstić information content (AvgIpc) is 3.25. The SMILES string of the molecule is CNC(=O)CCc1ccc(C(=Nc2ccc(N(CCN(C)C)S(C)(=O)=O)cc2)c2c(O)[nH]c3cc(F)ccc23)cc1. The molecule has 0 unspecified atom stereocenters. The molecular formula is C30H34FN5O4S. The number of aromatic hydroxyl groups is 1. The molecule has 0 bridgehead atoms. The van der Waals surface area contributed by atoms with Crippen molar-refractivity contribution in [2.45, 2.75) is 12.8 Å². The van der Waals surface area contributed by atoms with Crippen LogP contribution in [0.25, 0.3) is 10.9 Å². The van der Waals surface area contributed by atoms with Gasteiger partial charge in [-0.2, -0.15) is 0 Å². The Morgan fingerprint density at radius 1 is 1.02 bits per heavy atom. The molecule has 0 aliphatic heterocycles. The minimum absolute atomic E-state index is 0.0492. The van der Waals surface area contributed by atoms with Crippen molar-refractivity contribution in [2.75, 3.05) is 44.8 Å². The van der Waals surface area contributed by atoms with Crippen LogP contribution in [0.5, 0.6) is 5.88 Å². The van der Waals surface area contributed by atoms with Gasteiger partial charge < -0.3 is 20.3 Å². The summed E-state index contributed by atoms with van der Waals surface area (Å²) in [6.45, 7) is 0.850. The molecule has 0 aliphatic rings. The van der Waals surface area contributed by atoms with Crippen LogP contribution in [0, 0.1) is 5.82 Å². The lowest BCUT2D eigenvalue weighted by atomic mass is 9.98. The number of rotatable bonds is 11. The third-order valence-electron chi connectivity index (χ3n) is 6.65. The maximum atomic E-state index is 13.9. The van der Waals surface area contributed by atoms with Crippen LogP contribution in [0.3, 0.4) is 0 Å². The van der Waals surface area contributed by atoms with E-state index in [1.165, 1.54) is 22.7 Å². The van der Waals surface area contributed by atoms with Crippen molar-refractivity contribution in [1.82, 2.24) is 15.2 Å². The molecule has 4 rings (SSSR count). The Morgan fingerprint density at radius 2 is 1.71 bits per heavy atom. The number of anilines is 1. The highest BCUT2D eigenvalue weighted by atomic mass is 32.2. The molecule has 0 saturated heterocycles. The number of likely N-dealkylation sites (N-methyl/N-ethyl adjacent to an activating group) is 1. The smallest absolute Gasteiger partial charge is 0.232 e. The monoisotopic (exact) mass is 579 g/mol. The molecule has 216 valence electrons. The third kappa shape index (κ3) is 7.30. The highest BCUT2D eigenvalue weighted by molar-refractivity contribution is 7.92. The van der Waals surface area contributed by atoms with Crippen LogP contribution in [-0.4, -0.2) is 75.5 Å². The molecule has 0 fully saturated rings. The van der Waals surface area contributed by atoms with Gasteiger partial charge in [-0.1, -0.05) is 24.3 Å². The summed E-state index contributed by atoms with van der Waals surface area (Å²) in [5.74, 6) is -0.645. The molecular weight excluding hydrogens is 545 g/mol. The highest BCUT2D eigenvalue weighted by Crippen LogP contribution is 2.32. The van der Waals surface area contributed by atoms with E-state index in [1.54, 1.807) is 37.4 Å². The second-order valence-corrected chi connectivity index (χ2v) is 11.9. The summed E-state index contributed by atoms with van der Waals surface area (Å²) in [4.78, 5) is 21.3. The van der Waals surface area contributed by atoms with E-state index in [4.69, 9.17) is 4.99 Å². The number of carbonyl (C=O) groups is 1. The number of aromatic amines is 1. The summed E-state index contributed by atoms with van der Waals surface area (Å²) < 4.78 is 40.2. The van der Waals surface area contributed by atoms with E-state index >= 15 is 0 Å². The standard InChI is InChI=1S/C30H34FN5O4S/c1-32-27(37)16-7-20-5-8-21(9-6-20)29(28-25-15-10-22(31)19-26(25)34-30(28)38)33-23-11-13-24(14-12-23)36(41(4,39)40)18-17-35(2)3/h5-6,8-15,19,34,38H,7,16-18H2,1-4H3,(H,32,37). The number of hydrogen-bond donors (Lipinski definition) is 3. The molecule has 0 spiro atoms. The zero-order valence-electron chi connectivity index (χ0n) is 23.5. The number of carbonyl (C=O) groups excluding carboxylic acids is 1. The van der Waals surface area contributed by atoms with Crippen molar-refractivity contribution in [3.05, 3.63) is 89.2 Å². The lowest BCUT2D eigenvalue weighted by Gasteiger charge is -2.24. The number of nitrogens with one attached hydrogen (secondary N) is 2. The van der Waals surface area contributed by atoms with E-state index in [-0.39, 0.29) is 11.8 Å². The molecule has 0 saturated carbocycles. The minimum Gasteiger partial charge on any atom is -0.494 e. The molecule has 1 aromatic heterocycles. The second-order valence-electron chi connectivity index (χ2n) is 10.0. The molecule has 0 radical (unpaired) electrons. The molecule has 41 heavy (non-hydrogen) atoms. The first-order valence-corrected chi connectivity index (χ1v) is 14.9. The van der Waals surface area contributed by atoms with Crippen LogP contribution in [0.2, 0.25) is 0 Å². The van der Waals surface area contributed by atoms with Crippen LogP contribution >= 0.6 is 0 Å². The number of aryl methyl sites for hydroxylation is 1. The summed E-state index contributed by atoms with van der Waals surface area (Å²) in [6.07, 6.45) is 2.10. The summed E-state index contributed by atoms with van der Waals surface area (Å²) >= 11 is 0. The van der Waals surface area contributed by atoms with Gasteiger partial charge >= 0.3 is 0 Å². The van der Waals surface area contributed by atoms with E-state index in [0.717, 1.165) is 5.56 Å². The molecule has 0 atom stereocenters. The molecule has 1 amide bonds. The first kappa shape index (κ1) is 29.8. The predicted octanol–water partition coefficient (Wildman–Crippen LogP) is 4.19. The first-order valence-electron chi connectivity index (χ1n) is 13.1. The fourth-order valence-corrected chi connectivity index (χ4v) is 5.39. The third-order valence-corrected chi connectivity index (χ3v) is 7.85. The lowest BCUT2D eigenvalue weighted by molar-refractivity contribution is -0.120. The Labute approximate surface area is 239 Å². The van der Waals surface area contributed by atoms with Crippen molar-refractivity contribution < 1.29 is 22.7 Å². The summed E-state index contributed by atoms with van der Waals surface area (Å²) in [7, 11) is 1.86. The molecule has 9 nitrogen and oxygen atoms in total. The van der Waals surface area contributed by atoms with E-state index in [2.05, 4.69) is 10.3 Å². The summed E-state index contributed by atoms with van der Waals surface area (Å²) in [6, 6.07) is 18.6. The van der Waals surface area contributed by atoms with Gasteiger partial charge in [0.2, 0.25) is 15.9 Å². The van der Waals surface area contributed by atoms with Gasteiger partial charge in [0, 0.05) is 37.5 Å². The fourth-order valence-electron chi connectivity index (χ4n) is 4.47. The Balaban J connectivity index is 1.76. The first-order chi connectivity index (χ1) is 19.5. The number of H-pyrrole nitrogens is 1. The van der Waals surface area contributed by atoms with Gasteiger partial charge in [-0.25, -0.2) is 17.8 Å². The summed E-state index contributed by atoms with van der Waals surface area (Å²) in [5.41, 5.74) is 3.98. The van der Waals surface area contributed by atoms with Crippen LogP contribution in [0.4, 0.5) is 15.8 Å². The number of sulfonamides is 1. The van der Waals surface area contributed by atoms with Crippen molar-refractivity contribution in [3.63, 3.8) is 0 Å². The Kier molecular flexibility index (Phi) is 9.09. The van der Waals surface area contributed by atoms with Crippen molar-refractivity contribution in [3.8, 4) is 5.88 Å². The molecule has 0 aliphatic carbocycles. The summed E-state index contributed by atoms with van der Waals surface area (Å²) in [5, 5.41) is 14.1. The van der Waals surface area contributed by atoms with Gasteiger partial charge in [-0.05, 0) is 68.5 Å². The van der Waals surface area contributed by atoms with Crippen molar-refractivity contribution >= 4 is 43.9 Å². The van der Waals surface area contributed by atoms with Crippen LogP contribution < -0.4 is 9.62 Å². The minimum atomic E-state index is -3.50. The van der Waals surface area contributed by atoms with E-state index < -0.39 is 15.8 Å². The molecule has 4 aromatic rings. The number of hydrogen-bond acceptors (Lipinski definition) is 6. The van der Waals surface area contributed by atoms with E-state index in [9.17, 15) is 22.7 Å². The highest BCUT2D eigenvalue weighted by Gasteiger charge is 2.20. The van der Waals surface area contributed by atoms with Crippen molar-refractivity contribution in [1.29, 1.82) is 0 Å². The number of nitrogens with zero attached hydrogens (tertiary/aromatic N) is 3. The maximum absolute atomic E-state index is 13.9. The number of aromatic nitrogens is 1. The zero-order chi connectivity index (χ0) is 29.7. The number of aliphatic imine (C=N–C) groups is 1. The average molecular weight is 580 g/mol.